The van der Waals surface area contributed by atoms with E-state index in [0.29, 0.717) is 4.47 Å². The first-order chi connectivity index (χ1) is 13.5. The Morgan fingerprint density at radius 3 is 2.66 bits per heavy atom. The normalized spacial score (nSPS) is 22.8. The average molecular weight is 492 g/mol. The minimum absolute atomic E-state index is 0.00310. The van der Waals surface area contributed by atoms with Gasteiger partial charge in [-0.05, 0) is 39.0 Å². The van der Waals surface area contributed by atoms with Crippen LogP contribution in [0.25, 0.3) is 0 Å². The largest absolute Gasteiger partial charge is 0.487 e. The molecule has 1 aliphatic heterocycles. The first kappa shape index (κ1) is 23.9. The summed E-state index contributed by atoms with van der Waals surface area (Å²) in [6.45, 7) is 7.48. The van der Waals surface area contributed by atoms with E-state index in [0.717, 1.165) is 0 Å². The van der Waals surface area contributed by atoms with Crippen molar-refractivity contribution in [2.24, 2.45) is 5.92 Å². The Hall–Kier alpha value is -1.36. The van der Waals surface area contributed by atoms with Crippen LogP contribution < -0.4 is 10.1 Å². The molecule has 2 rings (SSSR count). The molecule has 10 heteroatoms. The van der Waals surface area contributed by atoms with Gasteiger partial charge in [-0.25, -0.2) is 13.2 Å². The number of hydrogen-bond donors (Lipinski definition) is 2. The van der Waals surface area contributed by atoms with Crippen molar-refractivity contribution in [2.45, 2.75) is 50.8 Å². The number of hydrogen-bond acceptors (Lipinski definition) is 5. The number of halogens is 1. The second kappa shape index (κ2) is 9.63. The Labute approximate surface area is 181 Å². The molecule has 0 fully saturated rings. The van der Waals surface area contributed by atoms with E-state index in [-0.39, 0.29) is 48.3 Å². The van der Waals surface area contributed by atoms with Gasteiger partial charge in [-0.1, -0.05) is 22.9 Å². The standard InChI is InChI=1S/C19H30BrN3O5S/c1-12(2)21-19(25)22(5)10-17-13(3)9-23(14(4)11-24)29(26,27)18-7-6-15(20)8-16(18)28-17/h6-8,12-14,17,24H,9-11H2,1-5H3,(H,21,25)/t13-,14+,17-/m0/s1. The van der Waals surface area contributed by atoms with E-state index < -0.39 is 22.2 Å². The van der Waals surface area contributed by atoms with E-state index >= 15 is 0 Å². The van der Waals surface area contributed by atoms with Gasteiger partial charge in [0.25, 0.3) is 0 Å². The molecule has 1 heterocycles. The third kappa shape index (κ3) is 5.62. The first-order valence-corrected chi connectivity index (χ1v) is 11.8. The average Bonchev–Trinajstić information content (AvgIpc) is 2.63. The van der Waals surface area contributed by atoms with Crippen LogP contribution >= 0.6 is 15.9 Å². The molecule has 0 saturated heterocycles. The zero-order valence-electron chi connectivity index (χ0n) is 17.4. The zero-order valence-corrected chi connectivity index (χ0v) is 19.8. The highest BCUT2D eigenvalue weighted by molar-refractivity contribution is 9.10. The number of urea groups is 1. The smallest absolute Gasteiger partial charge is 0.317 e. The second-order valence-corrected chi connectivity index (χ2v) is 10.6. The van der Waals surface area contributed by atoms with Crippen LogP contribution in [0, 0.1) is 5.92 Å². The molecule has 1 aromatic rings. The summed E-state index contributed by atoms with van der Waals surface area (Å²) in [6.07, 6.45) is -0.435. The predicted octanol–water partition coefficient (Wildman–Crippen LogP) is 2.27. The number of carbonyl (C=O) groups is 1. The highest BCUT2D eigenvalue weighted by atomic mass is 79.9. The lowest BCUT2D eigenvalue weighted by Gasteiger charge is -2.37. The number of aliphatic hydroxyl groups excluding tert-OH is 1. The van der Waals surface area contributed by atoms with Crippen molar-refractivity contribution in [3.05, 3.63) is 22.7 Å². The molecule has 1 aromatic carbocycles. The molecule has 1 aliphatic rings. The molecule has 0 aromatic heterocycles. The minimum Gasteiger partial charge on any atom is -0.487 e. The Morgan fingerprint density at radius 2 is 2.07 bits per heavy atom. The van der Waals surface area contributed by atoms with Gasteiger partial charge in [0.05, 0.1) is 13.2 Å². The Kier molecular flexibility index (Phi) is 7.94. The lowest BCUT2D eigenvalue weighted by Crippen LogP contribution is -2.51. The first-order valence-electron chi connectivity index (χ1n) is 9.57. The van der Waals surface area contributed by atoms with Gasteiger partial charge in [-0.2, -0.15) is 4.31 Å². The summed E-state index contributed by atoms with van der Waals surface area (Å²) >= 11 is 3.36. The molecule has 0 radical (unpaired) electrons. The van der Waals surface area contributed by atoms with Gasteiger partial charge in [0.2, 0.25) is 10.0 Å². The van der Waals surface area contributed by atoms with Gasteiger partial charge < -0.3 is 20.1 Å². The van der Waals surface area contributed by atoms with Gasteiger partial charge in [0.1, 0.15) is 16.7 Å². The van der Waals surface area contributed by atoms with Crippen LogP contribution in [0.3, 0.4) is 0 Å². The van der Waals surface area contributed by atoms with E-state index in [1.54, 1.807) is 26.1 Å². The third-order valence-electron chi connectivity index (χ3n) is 4.84. The summed E-state index contributed by atoms with van der Waals surface area (Å²) in [7, 11) is -2.17. The second-order valence-electron chi connectivity index (χ2n) is 7.82. The van der Waals surface area contributed by atoms with E-state index in [2.05, 4.69) is 21.2 Å². The highest BCUT2D eigenvalue weighted by Gasteiger charge is 2.38. The number of fused-ring (bicyclic) bond motifs is 1. The maximum Gasteiger partial charge on any atom is 0.317 e. The van der Waals surface area contributed by atoms with E-state index in [1.165, 1.54) is 15.3 Å². The lowest BCUT2D eigenvalue weighted by molar-refractivity contribution is 0.0809. The van der Waals surface area contributed by atoms with E-state index in [4.69, 9.17) is 4.74 Å². The van der Waals surface area contributed by atoms with Crippen LogP contribution in [0.4, 0.5) is 4.79 Å². The molecular weight excluding hydrogens is 462 g/mol. The number of benzene rings is 1. The van der Waals surface area contributed by atoms with Crippen molar-refractivity contribution >= 4 is 32.0 Å². The summed E-state index contributed by atoms with van der Waals surface area (Å²) in [5.41, 5.74) is 0. The van der Waals surface area contributed by atoms with Crippen molar-refractivity contribution in [1.82, 2.24) is 14.5 Å². The van der Waals surface area contributed by atoms with E-state index in [1.807, 2.05) is 20.8 Å². The van der Waals surface area contributed by atoms with Crippen LogP contribution in [0.1, 0.15) is 27.7 Å². The van der Waals surface area contributed by atoms with Crippen LogP contribution in [0.2, 0.25) is 0 Å². The fourth-order valence-corrected chi connectivity index (χ4v) is 5.29. The number of sulfonamides is 1. The molecule has 0 aliphatic carbocycles. The third-order valence-corrected chi connectivity index (χ3v) is 7.35. The molecule has 3 atom stereocenters. The van der Waals surface area contributed by atoms with Gasteiger partial charge >= 0.3 is 6.03 Å². The number of ether oxygens (including phenoxy) is 1. The molecule has 0 saturated carbocycles. The monoisotopic (exact) mass is 491 g/mol. The molecule has 0 bridgehead atoms. The quantitative estimate of drug-likeness (QED) is 0.657. The van der Waals surface area contributed by atoms with Gasteiger partial charge in [0.15, 0.2) is 0 Å². The number of carbonyl (C=O) groups excluding carboxylic acids is 1. The maximum atomic E-state index is 13.2. The van der Waals surface area contributed by atoms with Gasteiger partial charge in [0, 0.05) is 36.1 Å². The summed E-state index contributed by atoms with van der Waals surface area (Å²) in [5.74, 6) is 0.00365. The zero-order chi connectivity index (χ0) is 21.9. The van der Waals surface area contributed by atoms with Crippen molar-refractivity contribution < 1.29 is 23.1 Å². The summed E-state index contributed by atoms with van der Waals surface area (Å²) in [5, 5.41) is 12.5. The fourth-order valence-electron chi connectivity index (χ4n) is 3.13. The van der Waals surface area contributed by atoms with Crippen molar-refractivity contribution in [2.75, 3.05) is 26.7 Å². The molecule has 0 unspecified atom stereocenters. The van der Waals surface area contributed by atoms with Crippen molar-refractivity contribution in [3.8, 4) is 5.75 Å². The van der Waals surface area contributed by atoms with E-state index in [9.17, 15) is 18.3 Å². The summed E-state index contributed by atoms with van der Waals surface area (Å²) < 4.78 is 34.6. The Balaban J connectivity index is 2.43. The molecule has 2 N–H and O–H groups in total. The Bertz CT molecular complexity index is 833. The topological polar surface area (TPSA) is 99.2 Å². The number of nitrogens with zero attached hydrogens (tertiary/aromatic N) is 2. The number of likely N-dealkylation sites (N-methyl/N-ethyl adjacent to an activating group) is 1. The number of nitrogens with one attached hydrogen (secondary N) is 1. The molecule has 164 valence electrons. The lowest BCUT2D eigenvalue weighted by atomic mass is 10.0. The fraction of sp³-hybridized carbons (Fsp3) is 0.632. The Morgan fingerprint density at radius 1 is 1.41 bits per heavy atom. The summed E-state index contributed by atoms with van der Waals surface area (Å²) in [4.78, 5) is 13.9. The van der Waals surface area contributed by atoms with Crippen LogP contribution in [0.5, 0.6) is 5.75 Å². The van der Waals surface area contributed by atoms with Crippen molar-refractivity contribution in [1.29, 1.82) is 0 Å². The molecular formula is C19H30BrN3O5S. The summed E-state index contributed by atoms with van der Waals surface area (Å²) in [6, 6.07) is 3.95. The highest BCUT2D eigenvalue weighted by Crippen LogP contribution is 2.35. The molecule has 2 amide bonds. The van der Waals surface area contributed by atoms with Crippen LogP contribution in [0.15, 0.2) is 27.6 Å². The van der Waals surface area contributed by atoms with Gasteiger partial charge in [-0.15, -0.1) is 0 Å². The van der Waals surface area contributed by atoms with Gasteiger partial charge in [-0.3, -0.25) is 0 Å². The minimum atomic E-state index is -3.85. The van der Waals surface area contributed by atoms with Crippen LogP contribution in [-0.4, -0.2) is 73.7 Å². The molecule has 0 spiro atoms. The predicted molar refractivity (Wildman–Crippen MR) is 114 cm³/mol. The van der Waals surface area contributed by atoms with Crippen molar-refractivity contribution in [3.63, 3.8) is 0 Å². The number of aliphatic hydroxyl groups is 1. The number of amides is 2. The number of rotatable bonds is 5. The maximum absolute atomic E-state index is 13.2. The SMILES string of the molecule is CC(C)NC(=O)N(C)C[C@@H]1Oc2cc(Br)ccc2S(=O)(=O)N([C@H](C)CO)C[C@@H]1C. The van der Waals surface area contributed by atoms with Crippen LogP contribution in [-0.2, 0) is 10.0 Å². The molecule has 29 heavy (non-hydrogen) atoms. The molecule has 8 nitrogen and oxygen atoms in total.